The van der Waals surface area contributed by atoms with Crippen LogP contribution in [0.2, 0.25) is 15.1 Å². The lowest BCUT2D eigenvalue weighted by atomic mass is 10.3. The van der Waals surface area contributed by atoms with E-state index in [4.69, 9.17) is 44.3 Å². The molecular weight excluding hydrogens is 482 g/mol. The summed E-state index contributed by atoms with van der Waals surface area (Å²) in [5.41, 5.74) is 4.46. The van der Waals surface area contributed by atoms with Crippen LogP contribution >= 0.6 is 50.7 Å². The molecule has 0 bridgehead atoms. The number of hydrogen-bond donors (Lipinski definition) is 2. The normalized spacial score (nSPS) is 11.4. The molecule has 0 saturated heterocycles. The molecule has 2 aromatic rings. The van der Waals surface area contributed by atoms with Gasteiger partial charge in [0.2, 0.25) is 0 Å². The van der Waals surface area contributed by atoms with Gasteiger partial charge in [-0.15, -0.1) is 0 Å². The summed E-state index contributed by atoms with van der Waals surface area (Å²) >= 11 is 21.0. The SMILES string of the molecule is CC(Oc1ccc(Cl)cc1Cl)C(=O)NNC(=O)COc1ccc(Br)cc1Cl. The Morgan fingerprint density at radius 2 is 1.70 bits per heavy atom. The van der Waals surface area contributed by atoms with Crippen LogP contribution in [0.3, 0.4) is 0 Å². The van der Waals surface area contributed by atoms with Crippen molar-refractivity contribution in [2.24, 2.45) is 0 Å². The van der Waals surface area contributed by atoms with Crippen LogP contribution in [0.1, 0.15) is 6.92 Å². The zero-order chi connectivity index (χ0) is 20.0. The van der Waals surface area contributed by atoms with Gasteiger partial charge in [-0.2, -0.15) is 0 Å². The Morgan fingerprint density at radius 3 is 2.37 bits per heavy atom. The van der Waals surface area contributed by atoms with E-state index in [0.717, 1.165) is 4.47 Å². The summed E-state index contributed by atoms with van der Waals surface area (Å²) in [6, 6.07) is 9.60. The molecule has 6 nitrogen and oxygen atoms in total. The van der Waals surface area contributed by atoms with Crippen molar-refractivity contribution in [2.75, 3.05) is 6.61 Å². The molecule has 0 aromatic heterocycles. The molecule has 0 heterocycles. The van der Waals surface area contributed by atoms with Crippen molar-refractivity contribution in [3.8, 4) is 11.5 Å². The maximum absolute atomic E-state index is 12.0. The number of carbonyl (C=O) groups is 2. The second-order valence-electron chi connectivity index (χ2n) is 5.24. The molecule has 1 atom stereocenters. The van der Waals surface area contributed by atoms with Crippen molar-refractivity contribution in [3.63, 3.8) is 0 Å². The lowest BCUT2D eigenvalue weighted by Gasteiger charge is -2.16. The van der Waals surface area contributed by atoms with Crippen molar-refractivity contribution < 1.29 is 19.1 Å². The van der Waals surface area contributed by atoms with E-state index in [2.05, 4.69) is 26.8 Å². The maximum Gasteiger partial charge on any atom is 0.279 e. The predicted molar refractivity (Wildman–Crippen MR) is 107 cm³/mol. The highest BCUT2D eigenvalue weighted by Crippen LogP contribution is 2.28. The monoisotopic (exact) mass is 494 g/mol. The predicted octanol–water partition coefficient (Wildman–Crippen LogP) is 4.40. The van der Waals surface area contributed by atoms with Crippen LogP contribution in [-0.2, 0) is 9.59 Å². The van der Waals surface area contributed by atoms with Gasteiger partial charge in [0.1, 0.15) is 11.5 Å². The van der Waals surface area contributed by atoms with E-state index in [9.17, 15) is 9.59 Å². The number of hydrogen-bond acceptors (Lipinski definition) is 4. The van der Waals surface area contributed by atoms with E-state index in [1.165, 1.54) is 13.0 Å². The third kappa shape index (κ3) is 6.77. The van der Waals surface area contributed by atoms with Gasteiger partial charge in [-0.3, -0.25) is 20.4 Å². The van der Waals surface area contributed by atoms with E-state index in [0.29, 0.717) is 21.5 Å². The van der Waals surface area contributed by atoms with E-state index < -0.39 is 17.9 Å². The first-order chi connectivity index (χ1) is 12.8. The number of hydrazine groups is 1. The zero-order valence-corrected chi connectivity index (χ0v) is 17.7. The van der Waals surface area contributed by atoms with Gasteiger partial charge >= 0.3 is 0 Å². The minimum absolute atomic E-state index is 0.269. The molecule has 2 amide bonds. The van der Waals surface area contributed by atoms with Gasteiger partial charge in [-0.05, 0) is 43.3 Å². The number of nitrogens with one attached hydrogen (secondary N) is 2. The van der Waals surface area contributed by atoms with E-state index in [1.54, 1.807) is 30.3 Å². The van der Waals surface area contributed by atoms with Crippen LogP contribution in [0, 0.1) is 0 Å². The minimum Gasteiger partial charge on any atom is -0.482 e. The van der Waals surface area contributed by atoms with Gasteiger partial charge in [-0.25, -0.2) is 0 Å². The molecule has 2 N–H and O–H groups in total. The molecule has 0 aliphatic carbocycles. The average molecular weight is 497 g/mol. The first-order valence-corrected chi connectivity index (χ1v) is 9.47. The largest absolute Gasteiger partial charge is 0.482 e. The second kappa shape index (κ2) is 10.0. The topological polar surface area (TPSA) is 76.7 Å². The Labute approximate surface area is 179 Å². The Balaban J connectivity index is 1.79. The fraction of sp³-hybridized carbons (Fsp3) is 0.176. The van der Waals surface area contributed by atoms with Crippen molar-refractivity contribution >= 4 is 62.5 Å². The van der Waals surface area contributed by atoms with Crippen molar-refractivity contribution in [1.29, 1.82) is 0 Å². The van der Waals surface area contributed by atoms with Crippen LogP contribution in [0.15, 0.2) is 40.9 Å². The lowest BCUT2D eigenvalue weighted by molar-refractivity contribution is -0.133. The number of rotatable bonds is 6. The molecule has 0 fully saturated rings. The molecule has 0 saturated carbocycles. The molecule has 0 aliphatic rings. The van der Waals surface area contributed by atoms with E-state index in [-0.39, 0.29) is 11.6 Å². The van der Waals surface area contributed by atoms with Crippen LogP contribution in [0.25, 0.3) is 0 Å². The Kier molecular flexibility index (Phi) is 8.04. The molecule has 144 valence electrons. The molecule has 27 heavy (non-hydrogen) atoms. The smallest absolute Gasteiger partial charge is 0.279 e. The zero-order valence-electron chi connectivity index (χ0n) is 13.9. The fourth-order valence-corrected chi connectivity index (χ4v) is 3.00. The minimum atomic E-state index is -0.911. The molecule has 0 radical (unpaired) electrons. The summed E-state index contributed by atoms with van der Waals surface area (Å²) in [4.78, 5) is 23.8. The number of benzene rings is 2. The third-order valence-corrected chi connectivity index (χ3v) is 4.46. The highest BCUT2D eigenvalue weighted by molar-refractivity contribution is 9.10. The van der Waals surface area contributed by atoms with E-state index >= 15 is 0 Å². The molecule has 1 unspecified atom stereocenters. The summed E-state index contributed by atoms with van der Waals surface area (Å²) in [5.74, 6) is -0.506. The van der Waals surface area contributed by atoms with Gasteiger partial charge in [0, 0.05) is 9.50 Å². The molecule has 2 aromatic carbocycles. The number of amides is 2. The molecule has 10 heteroatoms. The van der Waals surface area contributed by atoms with Crippen LogP contribution in [0.4, 0.5) is 0 Å². The number of carbonyl (C=O) groups excluding carboxylic acids is 2. The van der Waals surface area contributed by atoms with Gasteiger partial charge in [-0.1, -0.05) is 50.7 Å². The molecule has 0 spiro atoms. The standard InChI is InChI=1S/C17H14BrCl3N2O4/c1-9(27-15-5-3-11(19)7-13(15)21)17(25)23-22-16(24)8-26-14-4-2-10(18)6-12(14)20/h2-7,9H,8H2,1H3,(H,22,24)(H,23,25). The fourth-order valence-electron chi connectivity index (χ4n) is 1.82. The third-order valence-electron chi connectivity index (χ3n) is 3.14. The highest BCUT2D eigenvalue weighted by Gasteiger charge is 2.17. The molecule has 2 rings (SSSR count). The van der Waals surface area contributed by atoms with Gasteiger partial charge in [0.15, 0.2) is 12.7 Å². The van der Waals surface area contributed by atoms with Gasteiger partial charge in [0.05, 0.1) is 10.0 Å². The van der Waals surface area contributed by atoms with Crippen molar-refractivity contribution in [2.45, 2.75) is 13.0 Å². The lowest BCUT2D eigenvalue weighted by Crippen LogP contribution is -2.48. The summed E-state index contributed by atoms with van der Waals surface area (Å²) in [7, 11) is 0. The van der Waals surface area contributed by atoms with Gasteiger partial charge < -0.3 is 9.47 Å². The summed E-state index contributed by atoms with van der Waals surface area (Å²) in [5, 5.41) is 1.07. The Morgan fingerprint density at radius 1 is 1.04 bits per heavy atom. The average Bonchev–Trinajstić information content (AvgIpc) is 2.61. The number of ether oxygens (including phenoxy) is 2. The van der Waals surface area contributed by atoms with E-state index in [1.807, 2.05) is 0 Å². The van der Waals surface area contributed by atoms with Crippen LogP contribution in [0.5, 0.6) is 11.5 Å². The van der Waals surface area contributed by atoms with Crippen LogP contribution in [-0.4, -0.2) is 24.5 Å². The second-order valence-corrected chi connectivity index (χ2v) is 7.40. The van der Waals surface area contributed by atoms with Crippen LogP contribution < -0.4 is 20.3 Å². The van der Waals surface area contributed by atoms with Gasteiger partial charge in [0.25, 0.3) is 11.8 Å². The summed E-state index contributed by atoms with van der Waals surface area (Å²) in [6.07, 6.45) is -0.911. The first kappa shape index (κ1) is 21.6. The molecular formula is C17H14BrCl3N2O4. The first-order valence-electron chi connectivity index (χ1n) is 7.54. The molecule has 0 aliphatic heterocycles. The maximum atomic E-state index is 12.0. The van der Waals surface area contributed by atoms with Crippen molar-refractivity contribution in [3.05, 3.63) is 55.9 Å². The van der Waals surface area contributed by atoms with Crippen molar-refractivity contribution in [1.82, 2.24) is 10.9 Å². The quantitative estimate of drug-likeness (QED) is 0.581. The highest BCUT2D eigenvalue weighted by atomic mass is 79.9. The number of halogens is 4. The Bertz CT molecular complexity index is 851. The summed E-state index contributed by atoms with van der Waals surface area (Å²) < 4.78 is 11.5. The Hall–Kier alpha value is -1.67. The summed E-state index contributed by atoms with van der Waals surface area (Å²) in [6.45, 7) is 1.17.